The lowest BCUT2D eigenvalue weighted by Gasteiger charge is -2.19. The van der Waals surface area contributed by atoms with E-state index in [1.807, 2.05) is 0 Å². The normalized spacial score (nSPS) is 13.1. The van der Waals surface area contributed by atoms with Crippen LogP contribution in [0.2, 0.25) is 13.1 Å². The van der Waals surface area contributed by atoms with Gasteiger partial charge in [-0.2, -0.15) is 0 Å². The van der Waals surface area contributed by atoms with E-state index < -0.39 is 8.07 Å². The van der Waals surface area contributed by atoms with Crippen molar-refractivity contribution >= 4 is 18.6 Å². The van der Waals surface area contributed by atoms with Crippen LogP contribution in [0.3, 0.4) is 0 Å². The molecule has 0 N–H and O–H groups in total. The van der Waals surface area contributed by atoms with Crippen molar-refractivity contribution in [3.63, 3.8) is 0 Å². The molecule has 7 rings (SSSR count). The molecule has 0 atom stereocenters. The summed E-state index contributed by atoms with van der Waals surface area (Å²) in [6, 6.07) is 47.3. The minimum atomic E-state index is -2.02. The first-order chi connectivity index (χ1) is 19.1. The minimum Gasteiger partial charge on any atom is -0.237 e. The molecule has 1 aliphatic rings. The third-order valence-corrected chi connectivity index (χ3v) is 11.2. The molecule has 0 saturated heterocycles. The Hall–Kier alpha value is -4.60. The Morgan fingerprint density at radius 3 is 1.54 bits per heavy atom. The van der Waals surface area contributed by atoms with Crippen molar-refractivity contribution in [1.82, 2.24) is 9.97 Å². The highest BCUT2D eigenvalue weighted by atomic mass is 28.3. The molecule has 5 aromatic carbocycles. The average molecular weight is 517 g/mol. The maximum Gasteiger partial charge on any atom is 0.159 e. The van der Waals surface area contributed by atoms with E-state index >= 15 is 0 Å². The van der Waals surface area contributed by atoms with E-state index in [0.717, 1.165) is 33.8 Å². The lowest BCUT2D eigenvalue weighted by molar-refractivity contribution is 1.21. The lowest BCUT2D eigenvalue weighted by Crippen LogP contribution is -2.50. The molecule has 1 aliphatic heterocycles. The number of hydrogen-bond acceptors (Lipinski definition) is 2. The Bertz CT molecular complexity index is 1750. The van der Waals surface area contributed by atoms with Gasteiger partial charge in [0.15, 0.2) is 5.82 Å². The van der Waals surface area contributed by atoms with Crippen LogP contribution in [-0.4, -0.2) is 18.0 Å². The number of benzene rings is 5. The summed E-state index contributed by atoms with van der Waals surface area (Å²) < 4.78 is 0. The molecule has 39 heavy (non-hydrogen) atoms. The first-order valence-electron chi connectivity index (χ1n) is 13.4. The summed E-state index contributed by atoms with van der Waals surface area (Å²) in [5, 5.41) is 2.66. The van der Waals surface area contributed by atoms with Crippen molar-refractivity contribution in [2.24, 2.45) is 0 Å². The average Bonchev–Trinajstić information content (AvgIpc) is 3.24. The van der Waals surface area contributed by atoms with E-state index in [4.69, 9.17) is 9.97 Å². The van der Waals surface area contributed by atoms with Crippen LogP contribution in [0.4, 0.5) is 0 Å². The SMILES string of the molecule is C[Si]1(C)c2ccccc2-c2c(-c3ccccc3)nc(-c3cc(-c4ccccc4)cc(-c4ccccc4)c3)nc21. The summed E-state index contributed by atoms with van der Waals surface area (Å²) in [6.07, 6.45) is 0. The second kappa shape index (κ2) is 9.30. The molecular formula is C36H28N2Si. The summed E-state index contributed by atoms with van der Waals surface area (Å²) in [5.41, 5.74) is 10.4. The second-order valence-corrected chi connectivity index (χ2v) is 14.9. The molecule has 0 radical (unpaired) electrons. The first-order valence-corrected chi connectivity index (χ1v) is 16.4. The molecule has 0 unspecified atom stereocenters. The van der Waals surface area contributed by atoms with Crippen LogP contribution in [0, 0.1) is 0 Å². The molecule has 6 aromatic rings. The molecule has 2 nitrogen and oxygen atoms in total. The summed E-state index contributed by atoms with van der Waals surface area (Å²) in [7, 11) is -2.02. The van der Waals surface area contributed by atoms with Crippen molar-refractivity contribution in [1.29, 1.82) is 0 Å². The molecule has 0 spiro atoms. The molecule has 1 aromatic heterocycles. The Balaban J connectivity index is 1.51. The van der Waals surface area contributed by atoms with Crippen molar-refractivity contribution in [3.05, 3.63) is 133 Å². The molecule has 3 heteroatoms. The fourth-order valence-corrected chi connectivity index (χ4v) is 8.74. The van der Waals surface area contributed by atoms with E-state index in [1.54, 1.807) is 0 Å². The Labute approximate surface area is 230 Å². The van der Waals surface area contributed by atoms with Gasteiger partial charge in [-0.25, -0.2) is 9.97 Å². The Morgan fingerprint density at radius 1 is 0.462 bits per heavy atom. The van der Waals surface area contributed by atoms with Gasteiger partial charge in [0.1, 0.15) is 8.07 Å². The highest BCUT2D eigenvalue weighted by Crippen LogP contribution is 2.37. The number of fused-ring (bicyclic) bond motifs is 3. The van der Waals surface area contributed by atoms with Crippen molar-refractivity contribution in [2.45, 2.75) is 13.1 Å². The van der Waals surface area contributed by atoms with Gasteiger partial charge in [0.25, 0.3) is 0 Å². The monoisotopic (exact) mass is 516 g/mol. The number of aromatic nitrogens is 2. The summed E-state index contributed by atoms with van der Waals surface area (Å²) in [4.78, 5) is 10.7. The van der Waals surface area contributed by atoms with E-state index in [-0.39, 0.29) is 0 Å². The van der Waals surface area contributed by atoms with Crippen molar-refractivity contribution in [3.8, 4) is 56.0 Å². The standard InChI is InChI=1S/C36H28N2Si/c1-39(2)32-21-13-12-20-31(32)33-34(27-18-10-5-11-19-27)37-35(38-36(33)39)30-23-28(25-14-6-3-7-15-25)22-29(24-30)26-16-8-4-9-17-26/h3-24H,1-2H3. The zero-order valence-corrected chi connectivity index (χ0v) is 23.1. The van der Waals surface area contributed by atoms with Gasteiger partial charge in [-0.15, -0.1) is 0 Å². The van der Waals surface area contributed by atoms with Crippen LogP contribution in [-0.2, 0) is 0 Å². The van der Waals surface area contributed by atoms with Gasteiger partial charge in [-0.05, 0) is 51.2 Å². The van der Waals surface area contributed by atoms with Crippen LogP contribution in [0.25, 0.3) is 56.0 Å². The predicted octanol–water partition coefficient (Wildman–Crippen LogP) is 7.95. The molecule has 2 heterocycles. The fourth-order valence-electron chi connectivity index (χ4n) is 5.83. The smallest absolute Gasteiger partial charge is 0.159 e. The first kappa shape index (κ1) is 23.5. The van der Waals surface area contributed by atoms with Crippen LogP contribution in [0.5, 0.6) is 0 Å². The quantitative estimate of drug-likeness (QED) is 0.222. The molecule has 0 saturated carbocycles. The van der Waals surface area contributed by atoms with E-state index in [2.05, 4.69) is 147 Å². The largest absolute Gasteiger partial charge is 0.237 e. The molecular weight excluding hydrogens is 488 g/mol. The third kappa shape index (κ3) is 4.03. The highest BCUT2D eigenvalue weighted by Gasteiger charge is 2.41. The maximum absolute atomic E-state index is 5.40. The van der Waals surface area contributed by atoms with Gasteiger partial charge in [-0.3, -0.25) is 0 Å². The minimum absolute atomic E-state index is 0.788. The van der Waals surface area contributed by atoms with Gasteiger partial charge in [-0.1, -0.05) is 128 Å². The Kier molecular flexibility index (Phi) is 5.61. The molecule has 0 bridgehead atoms. The fraction of sp³-hybridized carbons (Fsp3) is 0.0556. The van der Waals surface area contributed by atoms with E-state index in [9.17, 15) is 0 Å². The molecule has 0 fully saturated rings. The van der Waals surface area contributed by atoms with Gasteiger partial charge in [0, 0.05) is 22.0 Å². The molecule has 0 aliphatic carbocycles. The summed E-state index contributed by atoms with van der Waals surface area (Å²) >= 11 is 0. The van der Waals surface area contributed by atoms with E-state index in [1.165, 1.54) is 32.8 Å². The molecule has 186 valence electrons. The van der Waals surface area contributed by atoms with Crippen LogP contribution in [0.1, 0.15) is 0 Å². The number of nitrogens with zero attached hydrogens (tertiary/aromatic N) is 2. The summed E-state index contributed by atoms with van der Waals surface area (Å²) in [6.45, 7) is 4.83. The zero-order valence-electron chi connectivity index (χ0n) is 22.1. The van der Waals surface area contributed by atoms with Gasteiger partial charge < -0.3 is 0 Å². The van der Waals surface area contributed by atoms with Crippen LogP contribution in [0.15, 0.2) is 133 Å². The van der Waals surface area contributed by atoms with E-state index in [0.29, 0.717) is 0 Å². The lowest BCUT2D eigenvalue weighted by atomic mass is 9.95. The summed E-state index contributed by atoms with van der Waals surface area (Å²) in [5.74, 6) is 0.788. The van der Waals surface area contributed by atoms with Gasteiger partial charge >= 0.3 is 0 Å². The third-order valence-electron chi connectivity index (χ3n) is 7.82. The molecule has 0 amide bonds. The zero-order chi connectivity index (χ0) is 26.4. The number of hydrogen-bond donors (Lipinski definition) is 0. The van der Waals surface area contributed by atoms with Crippen molar-refractivity contribution < 1.29 is 0 Å². The maximum atomic E-state index is 5.40. The van der Waals surface area contributed by atoms with Crippen molar-refractivity contribution in [2.75, 3.05) is 0 Å². The topological polar surface area (TPSA) is 25.8 Å². The Morgan fingerprint density at radius 2 is 0.949 bits per heavy atom. The second-order valence-electron chi connectivity index (χ2n) is 10.7. The number of rotatable bonds is 4. The van der Waals surface area contributed by atoms with Gasteiger partial charge in [0.2, 0.25) is 0 Å². The van der Waals surface area contributed by atoms with Crippen LogP contribution >= 0.6 is 0 Å². The predicted molar refractivity (Wildman–Crippen MR) is 166 cm³/mol. The highest BCUT2D eigenvalue weighted by molar-refractivity contribution is 7.03. The van der Waals surface area contributed by atoms with Gasteiger partial charge in [0.05, 0.1) is 5.69 Å². The van der Waals surface area contributed by atoms with Crippen LogP contribution < -0.4 is 10.5 Å².